The van der Waals surface area contributed by atoms with Gasteiger partial charge in [0.2, 0.25) is 0 Å². The van der Waals surface area contributed by atoms with Crippen LogP contribution in [0.15, 0.2) is 43.0 Å². The van der Waals surface area contributed by atoms with E-state index in [1.54, 1.807) is 12.1 Å². The van der Waals surface area contributed by atoms with Crippen molar-refractivity contribution < 1.29 is 9.50 Å². The van der Waals surface area contributed by atoms with Gasteiger partial charge in [-0.15, -0.1) is 0 Å². The SMILES string of the molecule is OC(c1ccc(F)cc1)C1CCN(CCCn2ccnc2)CC1. The Hall–Kier alpha value is -1.72. The monoisotopic (exact) mass is 317 g/mol. The van der Waals surface area contributed by atoms with Gasteiger partial charge in [0.1, 0.15) is 5.82 Å². The number of aliphatic hydroxyl groups is 1. The van der Waals surface area contributed by atoms with Crippen molar-refractivity contribution in [1.82, 2.24) is 14.5 Å². The largest absolute Gasteiger partial charge is 0.388 e. The topological polar surface area (TPSA) is 41.3 Å². The average Bonchev–Trinajstić information content (AvgIpc) is 3.09. The number of halogens is 1. The normalized spacial score (nSPS) is 18.2. The zero-order chi connectivity index (χ0) is 16.1. The van der Waals surface area contributed by atoms with Gasteiger partial charge in [-0.3, -0.25) is 0 Å². The van der Waals surface area contributed by atoms with Gasteiger partial charge in [-0.1, -0.05) is 12.1 Å². The molecule has 0 aliphatic carbocycles. The number of aliphatic hydroxyl groups excluding tert-OH is 1. The van der Waals surface area contributed by atoms with Crippen LogP contribution in [0.25, 0.3) is 0 Å². The van der Waals surface area contributed by atoms with Crippen molar-refractivity contribution >= 4 is 0 Å². The minimum atomic E-state index is -0.483. The summed E-state index contributed by atoms with van der Waals surface area (Å²) in [4.78, 5) is 6.51. The summed E-state index contributed by atoms with van der Waals surface area (Å²) in [6.45, 7) is 4.12. The van der Waals surface area contributed by atoms with E-state index in [-0.39, 0.29) is 11.7 Å². The Morgan fingerprint density at radius 3 is 2.57 bits per heavy atom. The Bertz CT molecular complexity index is 577. The highest BCUT2D eigenvalue weighted by Gasteiger charge is 2.25. The van der Waals surface area contributed by atoms with E-state index in [0.717, 1.165) is 51.0 Å². The number of aryl methyl sites for hydroxylation is 1. The van der Waals surface area contributed by atoms with Gasteiger partial charge in [-0.05, 0) is 62.5 Å². The summed E-state index contributed by atoms with van der Waals surface area (Å²) >= 11 is 0. The number of hydrogen-bond acceptors (Lipinski definition) is 3. The summed E-state index contributed by atoms with van der Waals surface area (Å²) in [5.41, 5.74) is 0.824. The molecule has 1 aromatic heterocycles. The van der Waals surface area contributed by atoms with E-state index in [2.05, 4.69) is 14.5 Å². The highest BCUT2D eigenvalue weighted by atomic mass is 19.1. The molecule has 124 valence electrons. The van der Waals surface area contributed by atoms with E-state index in [4.69, 9.17) is 0 Å². The van der Waals surface area contributed by atoms with Crippen LogP contribution in [0.2, 0.25) is 0 Å². The molecule has 3 rings (SSSR count). The molecule has 1 unspecified atom stereocenters. The maximum Gasteiger partial charge on any atom is 0.123 e. The highest BCUT2D eigenvalue weighted by Crippen LogP contribution is 2.30. The van der Waals surface area contributed by atoms with Gasteiger partial charge in [0.05, 0.1) is 12.4 Å². The quantitative estimate of drug-likeness (QED) is 0.891. The molecule has 0 bridgehead atoms. The predicted molar refractivity (Wildman–Crippen MR) is 87.4 cm³/mol. The molecular weight excluding hydrogens is 293 g/mol. The molecule has 0 amide bonds. The Morgan fingerprint density at radius 1 is 1.17 bits per heavy atom. The van der Waals surface area contributed by atoms with Crippen LogP contribution in [0, 0.1) is 11.7 Å². The van der Waals surface area contributed by atoms with Crippen LogP contribution in [-0.2, 0) is 6.54 Å². The molecule has 1 atom stereocenters. The lowest BCUT2D eigenvalue weighted by atomic mass is 9.87. The standard InChI is InChI=1S/C18H24FN3O/c19-17-4-2-15(3-5-17)18(23)16-6-11-21(12-7-16)9-1-10-22-13-8-20-14-22/h2-5,8,13-14,16,18,23H,1,6-7,9-12H2. The summed E-state index contributed by atoms with van der Waals surface area (Å²) in [6, 6.07) is 6.22. The molecule has 1 aliphatic rings. The van der Waals surface area contributed by atoms with Gasteiger partial charge in [0, 0.05) is 18.9 Å². The summed E-state index contributed by atoms with van der Waals surface area (Å²) < 4.78 is 15.1. The molecule has 1 N–H and O–H groups in total. The molecule has 1 aromatic carbocycles. The number of hydrogen-bond donors (Lipinski definition) is 1. The molecule has 1 saturated heterocycles. The van der Waals surface area contributed by atoms with E-state index >= 15 is 0 Å². The van der Waals surface area contributed by atoms with Crippen molar-refractivity contribution in [1.29, 1.82) is 0 Å². The first kappa shape index (κ1) is 16.1. The smallest absolute Gasteiger partial charge is 0.123 e. The summed E-state index contributed by atoms with van der Waals surface area (Å²) in [5, 5.41) is 10.5. The van der Waals surface area contributed by atoms with E-state index < -0.39 is 6.10 Å². The molecule has 0 spiro atoms. The molecule has 23 heavy (non-hydrogen) atoms. The molecule has 0 saturated carbocycles. The fraction of sp³-hybridized carbons (Fsp3) is 0.500. The average molecular weight is 317 g/mol. The molecule has 0 radical (unpaired) electrons. The lowest BCUT2D eigenvalue weighted by Crippen LogP contribution is -2.36. The molecular formula is C18H24FN3O. The summed E-state index contributed by atoms with van der Waals surface area (Å²) in [7, 11) is 0. The Morgan fingerprint density at radius 2 is 1.91 bits per heavy atom. The number of rotatable bonds is 6. The van der Waals surface area contributed by atoms with Crippen molar-refractivity contribution in [3.8, 4) is 0 Å². The number of nitrogens with zero attached hydrogens (tertiary/aromatic N) is 3. The second-order valence-electron chi connectivity index (χ2n) is 6.33. The van der Waals surface area contributed by atoms with E-state index in [1.807, 2.05) is 18.7 Å². The van der Waals surface area contributed by atoms with Crippen molar-refractivity contribution in [2.75, 3.05) is 19.6 Å². The van der Waals surface area contributed by atoms with Gasteiger partial charge in [-0.25, -0.2) is 9.37 Å². The van der Waals surface area contributed by atoms with Crippen LogP contribution in [0.1, 0.15) is 30.9 Å². The van der Waals surface area contributed by atoms with Gasteiger partial charge in [0.25, 0.3) is 0 Å². The van der Waals surface area contributed by atoms with Crippen LogP contribution >= 0.6 is 0 Å². The molecule has 1 fully saturated rings. The fourth-order valence-corrected chi connectivity index (χ4v) is 3.32. The van der Waals surface area contributed by atoms with Gasteiger partial charge >= 0.3 is 0 Å². The zero-order valence-corrected chi connectivity index (χ0v) is 13.3. The van der Waals surface area contributed by atoms with Crippen molar-refractivity contribution in [2.24, 2.45) is 5.92 Å². The van der Waals surface area contributed by atoms with E-state index in [1.165, 1.54) is 12.1 Å². The number of aromatic nitrogens is 2. The predicted octanol–water partition coefficient (Wildman–Crippen LogP) is 2.86. The first-order valence-corrected chi connectivity index (χ1v) is 8.34. The van der Waals surface area contributed by atoms with Gasteiger partial charge in [-0.2, -0.15) is 0 Å². The third kappa shape index (κ3) is 4.39. The fourth-order valence-electron chi connectivity index (χ4n) is 3.32. The van der Waals surface area contributed by atoms with Crippen molar-refractivity contribution in [3.63, 3.8) is 0 Å². The maximum absolute atomic E-state index is 13.0. The van der Waals surface area contributed by atoms with Crippen LogP contribution in [0.4, 0.5) is 4.39 Å². The Labute approximate surface area is 136 Å². The molecule has 2 aromatic rings. The minimum absolute atomic E-state index is 0.256. The first-order valence-electron chi connectivity index (χ1n) is 8.34. The lowest BCUT2D eigenvalue weighted by Gasteiger charge is -2.34. The summed E-state index contributed by atoms with van der Waals surface area (Å²) in [5.74, 6) is 0.0130. The van der Waals surface area contributed by atoms with Crippen molar-refractivity contribution in [2.45, 2.75) is 31.9 Å². The maximum atomic E-state index is 13.0. The van der Waals surface area contributed by atoms with Gasteiger partial charge < -0.3 is 14.6 Å². The second kappa shape index (κ2) is 7.70. The van der Waals surface area contributed by atoms with Crippen LogP contribution in [0.3, 0.4) is 0 Å². The molecule has 4 nitrogen and oxygen atoms in total. The number of likely N-dealkylation sites (tertiary alicyclic amines) is 1. The van der Waals surface area contributed by atoms with Gasteiger partial charge in [0.15, 0.2) is 0 Å². The number of piperidine rings is 1. The van der Waals surface area contributed by atoms with Crippen molar-refractivity contribution in [3.05, 3.63) is 54.4 Å². The number of imidazole rings is 1. The van der Waals surface area contributed by atoms with Crippen LogP contribution in [-0.4, -0.2) is 39.2 Å². The Kier molecular flexibility index (Phi) is 5.41. The third-order valence-electron chi connectivity index (χ3n) is 4.74. The van der Waals surface area contributed by atoms with Crippen LogP contribution in [0.5, 0.6) is 0 Å². The lowest BCUT2D eigenvalue weighted by molar-refractivity contribution is 0.0582. The van der Waals surface area contributed by atoms with E-state index in [9.17, 15) is 9.50 Å². The zero-order valence-electron chi connectivity index (χ0n) is 13.3. The summed E-state index contributed by atoms with van der Waals surface area (Å²) in [6.07, 6.45) is 8.26. The second-order valence-corrected chi connectivity index (χ2v) is 6.33. The molecule has 2 heterocycles. The molecule has 1 aliphatic heterocycles. The Balaban J connectivity index is 1.41. The number of benzene rings is 1. The third-order valence-corrected chi connectivity index (χ3v) is 4.74. The highest BCUT2D eigenvalue weighted by molar-refractivity contribution is 5.19. The van der Waals surface area contributed by atoms with E-state index in [0.29, 0.717) is 0 Å². The first-order chi connectivity index (χ1) is 11.2. The minimum Gasteiger partial charge on any atom is -0.388 e. The van der Waals surface area contributed by atoms with Crippen LogP contribution < -0.4 is 0 Å². The molecule has 5 heteroatoms.